The molecule has 0 saturated heterocycles. The van der Waals surface area contributed by atoms with Gasteiger partial charge in [-0.25, -0.2) is 4.68 Å². The third-order valence-corrected chi connectivity index (χ3v) is 8.11. The van der Waals surface area contributed by atoms with Crippen molar-refractivity contribution in [1.82, 2.24) is 15.1 Å². The van der Waals surface area contributed by atoms with Gasteiger partial charge in [-0.05, 0) is 80.6 Å². The smallest absolute Gasteiger partial charge is 0.256 e. The van der Waals surface area contributed by atoms with E-state index in [0.29, 0.717) is 0 Å². The molecule has 1 amide bonds. The summed E-state index contributed by atoms with van der Waals surface area (Å²) in [6.07, 6.45) is 10.5. The second-order valence-electron chi connectivity index (χ2n) is 9.11. The molecule has 1 aromatic heterocycles. The van der Waals surface area contributed by atoms with E-state index in [0.717, 1.165) is 46.2 Å². The van der Waals surface area contributed by atoms with Gasteiger partial charge in [0.25, 0.3) is 5.91 Å². The zero-order chi connectivity index (χ0) is 19.1. The van der Waals surface area contributed by atoms with Crippen LogP contribution in [0.15, 0.2) is 41.6 Å². The topological polar surface area (TPSA) is 46.9 Å². The highest BCUT2D eigenvalue weighted by atomic mass is 32.2. The highest BCUT2D eigenvalue weighted by Crippen LogP contribution is 2.55. The van der Waals surface area contributed by atoms with Gasteiger partial charge in [-0.1, -0.05) is 25.1 Å². The third kappa shape index (κ3) is 3.28. The van der Waals surface area contributed by atoms with Crippen molar-refractivity contribution in [2.45, 2.75) is 62.4 Å². The van der Waals surface area contributed by atoms with Crippen molar-refractivity contribution in [2.75, 3.05) is 5.75 Å². The molecule has 0 unspecified atom stereocenters. The Hall–Kier alpha value is -1.75. The van der Waals surface area contributed by atoms with Crippen LogP contribution < -0.4 is 5.32 Å². The monoisotopic (exact) mass is 395 g/mol. The molecule has 1 heterocycles. The highest BCUT2D eigenvalue weighted by molar-refractivity contribution is 7.99. The minimum Gasteiger partial charge on any atom is -0.346 e. The standard InChI is InChI=1S/C23H29N3OS/c1-2-8-28-22-20(15-24-26(22)19-6-4-3-5-7-19)21(27)25-23-12-16-9-17(13-23)11-18(10-16)14-23/h3-7,15-18H,2,8-14H2,1H3,(H,25,27). The predicted octanol–water partition coefficient (Wildman–Crippen LogP) is 5.07. The van der Waals surface area contributed by atoms with Crippen LogP contribution in [0, 0.1) is 17.8 Å². The molecule has 0 atom stereocenters. The first-order valence-electron chi connectivity index (χ1n) is 10.7. The van der Waals surface area contributed by atoms with Gasteiger partial charge in [-0.2, -0.15) is 5.10 Å². The van der Waals surface area contributed by atoms with Crippen LogP contribution in [0.1, 0.15) is 62.2 Å². The molecule has 4 bridgehead atoms. The van der Waals surface area contributed by atoms with Crippen molar-refractivity contribution in [3.05, 3.63) is 42.1 Å². The summed E-state index contributed by atoms with van der Waals surface area (Å²) in [6, 6.07) is 10.1. The second kappa shape index (κ2) is 7.25. The highest BCUT2D eigenvalue weighted by Gasteiger charge is 2.51. The number of carbonyl (C=O) groups is 1. The molecular formula is C23H29N3OS. The molecule has 1 aromatic carbocycles. The fourth-order valence-corrected chi connectivity index (χ4v) is 7.13. The molecule has 4 saturated carbocycles. The van der Waals surface area contributed by atoms with Crippen LogP contribution in [-0.4, -0.2) is 27.0 Å². The van der Waals surface area contributed by atoms with E-state index in [-0.39, 0.29) is 11.4 Å². The Morgan fingerprint density at radius 2 is 1.79 bits per heavy atom. The number of aromatic nitrogens is 2. The normalized spacial score (nSPS) is 30.5. The molecule has 0 radical (unpaired) electrons. The zero-order valence-electron chi connectivity index (χ0n) is 16.6. The van der Waals surface area contributed by atoms with Crippen molar-refractivity contribution < 1.29 is 4.79 Å². The molecule has 6 rings (SSSR count). The summed E-state index contributed by atoms with van der Waals surface area (Å²) < 4.78 is 1.93. The van der Waals surface area contributed by atoms with E-state index in [2.05, 4.69) is 17.3 Å². The first-order valence-corrected chi connectivity index (χ1v) is 11.7. The summed E-state index contributed by atoms with van der Waals surface area (Å²) in [7, 11) is 0. The Kier molecular flexibility index (Phi) is 4.74. The number of benzene rings is 1. The molecule has 4 fully saturated rings. The van der Waals surface area contributed by atoms with Gasteiger partial charge in [0.1, 0.15) is 5.03 Å². The number of rotatable bonds is 6. The minimum atomic E-state index is 0.0351. The molecular weight excluding hydrogens is 366 g/mol. The van der Waals surface area contributed by atoms with E-state index in [1.807, 2.05) is 35.0 Å². The first kappa shape index (κ1) is 18.3. The molecule has 5 heteroatoms. The van der Waals surface area contributed by atoms with Gasteiger partial charge in [0, 0.05) is 5.54 Å². The lowest BCUT2D eigenvalue weighted by Gasteiger charge is -2.56. The van der Waals surface area contributed by atoms with Gasteiger partial charge >= 0.3 is 0 Å². The Bertz CT molecular complexity index is 825. The van der Waals surface area contributed by atoms with E-state index in [1.165, 1.54) is 38.5 Å². The van der Waals surface area contributed by atoms with Crippen LogP contribution in [0.25, 0.3) is 5.69 Å². The van der Waals surface area contributed by atoms with E-state index < -0.39 is 0 Å². The number of amides is 1. The summed E-state index contributed by atoms with van der Waals surface area (Å²) in [5.41, 5.74) is 1.78. The van der Waals surface area contributed by atoms with Gasteiger partial charge in [-0.3, -0.25) is 4.79 Å². The lowest BCUT2D eigenvalue weighted by molar-refractivity contribution is -0.0167. The number of hydrogen-bond donors (Lipinski definition) is 1. The van der Waals surface area contributed by atoms with Gasteiger partial charge in [0.2, 0.25) is 0 Å². The number of thioether (sulfide) groups is 1. The Balaban J connectivity index is 1.42. The Morgan fingerprint density at radius 3 is 2.39 bits per heavy atom. The van der Waals surface area contributed by atoms with E-state index in [4.69, 9.17) is 0 Å². The summed E-state index contributed by atoms with van der Waals surface area (Å²) in [4.78, 5) is 13.4. The predicted molar refractivity (Wildman–Crippen MR) is 113 cm³/mol. The molecule has 1 N–H and O–H groups in total. The lowest BCUT2D eigenvalue weighted by atomic mass is 9.53. The number of carbonyl (C=O) groups excluding carboxylic acids is 1. The molecule has 2 aromatic rings. The summed E-state index contributed by atoms with van der Waals surface area (Å²) in [6.45, 7) is 2.17. The molecule has 28 heavy (non-hydrogen) atoms. The average molecular weight is 396 g/mol. The Labute approximate surface area is 171 Å². The number of nitrogens with zero attached hydrogens (tertiary/aromatic N) is 2. The van der Waals surface area contributed by atoms with E-state index in [1.54, 1.807) is 18.0 Å². The van der Waals surface area contributed by atoms with Crippen molar-refractivity contribution in [3.8, 4) is 5.69 Å². The maximum absolute atomic E-state index is 13.4. The van der Waals surface area contributed by atoms with E-state index in [9.17, 15) is 4.79 Å². The second-order valence-corrected chi connectivity index (χ2v) is 10.2. The maximum Gasteiger partial charge on any atom is 0.256 e. The van der Waals surface area contributed by atoms with Crippen LogP contribution in [0.4, 0.5) is 0 Å². The van der Waals surface area contributed by atoms with Gasteiger partial charge in [0.15, 0.2) is 0 Å². The summed E-state index contributed by atoms with van der Waals surface area (Å²) in [5.74, 6) is 3.53. The zero-order valence-corrected chi connectivity index (χ0v) is 17.4. The van der Waals surface area contributed by atoms with Gasteiger partial charge in [-0.15, -0.1) is 11.8 Å². The quantitative estimate of drug-likeness (QED) is 0.695. The van der Waals surface area contributed by atoms with Crippen LogP contribution in [0.3, 0.4) is 0 Å². The van der Waals surface area contributed by atoms with Crippen molar-refractivity contribution in [3.63, 3.8) is 0 Å². The van der Waals surface area contributed by atoms with E-state index >= 15 is 0 Å². The number of nitrogens with one attached hydrogen (secondary N) is 1. The molecule has 0 aliphatic heterocycles. The van der Waals surface area contributed by atoms with Crippen molar-refractivity contribution >= 4 is 17.7 Å². The molecule has 4 aliphatic rings. The third-order valence-electron chi connectivity index (χ3n) is 6.83. The summed E-state index contributed by atoms with van der Waals surface area (Å²) >= 11 is 1.74. The fraction of sp³-hybridized carbons (Fsp3) is 0.565. The number of para-hydroxylation sites is 1. The van der Waals surface area contributed by atoms with Gasteiger partial charge in [0.05, 0.1) is 17.4 Å². The largest absolute Gasteiger partial charge is 0.346 e. The average Bonchev–Trinajstić information content (AvgIpc) is 3.09. The van der Waals surface area contributed by atoms with Gasteiger partial charge < -0.3 is 5.32 Å². The lowest BCUT2D eigenvalue weighted by Crippen LogP contribution is -2.59. The molecule has 0 spiro atoms. The van der Waals surface area contributed by atoms with Crippen LogP contribution in [-0.2, 0) is 0 Å². The molecule has 148 valence electrons. The van der Waals surface area contributed by atoms with Crippen molar-refractivity contribution in [2.24, 2.45) is 17.8 Å². The van der Waals surface area contributed by atoms with Crippen LogP contribution in [0.5, 0.6) is 0 Å². The van der Waals surface area contributed by atoms with Crippen LogP contribution in [0.2, 0.25) is 0 Å². The Morgan fingerprint density at radius 1 is 1.14 bits per heavy atom. The molecule has 4 aliphatic carbocycles. The minimum absolute atomic E-state index is 0.0351. The number of hydrogen-bond acceptors (Lipinski definition) is 3. The fourth-order valence-electron chi connectivity index (χ4n) is 6.16. The summed E-state index contributed by atoms with van der Waals surface area (Å²) in [5, 5.41) is 9.07. The SMILES string of the molecule is CCCSc1c(C(=O)NC23CC4CC(CC(C4)C2)C3)cnn1-c1ccccc1. The molecule has 4 nitrogen and oxygen atoms in total. The van der Waals surface area contributed by atoms with Crippen molar-refractivity contribution in [1.29, 1.82) is 0 Å². The maximum atomic E-state index is 13.4. The van der Waals surface area contributed by atoms with Crippen LogP contribution >= 0.6 is 11.8 Å². The first-order chi connectivity index (χ1) is 13.7.